The maximum atomic E-state index is 12.8. The normalized spacial score (nSPS) is 19.4. The highest BCUT2D eigenvalue weighted by atomic mass is 16.7. The fourth-order valence-corrected chi connectivity index (χ4v) is 8.11. The van der Waals surface area contributed by atoms with Crippen molar-refractivity contribution < 1.29 is 53.8 Å². The molecular formula is C53H96O11. The zero-order chi connectivity index (χ0) is 46.7. The van der Waals surface area contributed by atoms with Gasteiger partial charge in [0.1, 0.15) is 24.9 Å². The van der Waals surface area contributed by atoms with E-state index in [0.29, 0.717) is 12.8 Å². The third-order valence-electron chi connectivity index (χ3n) is 12.3. The van der Waals surface area contributed by atoms with E-state index in [4.69, 9.17) is 18.9 Å². The van der Waals surface area contributed by atoms with Crippen LogP contribution in [-0.2, 0) is 33.3 Å². The standard InChI is InChI=1S/C53H96O11/c1-3-5-7-9-11-13-15-17-19-20-21-22-23-24-25-26-28-29-31-33-35-37-39-41-46(54)61-43-45(44-62-53-50(58)48(56)49(57)51(64-53)52(59)60)63-47(55)42-40-38-36-34-32-30-27-18-16-14-12-10-8-6-4-2/h18,20-21,27,45,48-51,53,56-58H,3-17,19,22-26,28-44H2,1-2H3,(H,59,60)/b21-20-,27-18-. The van der Waals surface area contributed by atoms with Gasteiger partial charge < -0.3 is 39.4 Å². The number of carboxylic acid groups (broad SMARTS) is 1. The Labute approximate surface area is 389 Å². The average Bonchev–Trinajstić information content (AvgIpc) is 3.28. The van der Waals surface area contributed by atoms with Gasteiger partial charge in [-0.15, -0.1) is 0 Å². The van der Waals surface area contributed by atoms with E-state index in [1.54, 1.807) is 0 Å². The molecule has 0 saturated carbocycles. The van der Waals surface area contributed by atoms with Crippen LogP contribution >= 0.6 is 0 Å². The summed E-state index contributed by atoms with van der Waals surface area (Å²) < 4.78 is 21.8. The molecule has 0 bridgehead atoms. The summed E-state index contributed by atoms with van der Waals surface area (Å²) in [7, 11) is 0. The van der Waals surface area contributed by atoms with E-state index in [-0.39, 0.29) is 26.1 Å². The number of rotatable bonds is 45. The van der Waals surface area contributed by atoms with Gasteiger partial charge >= 0.3 is 17.9 Å². The topological polar surface area (TPSA) is 169 Å². The van der Waals surface area contributed by atoms with E-state index in [1.165, 1.54) is 148 Å². The summed E-state index contributed by atoms with van der Waals surface area (Å²) in [5.41, 5.74) is 0. The van der Waals surface area contributed by atoms with Crippen LogP contribution in [-0.4, -0.2) is 88.4 Å². The van der Waals surface area contributed by atoms with E-state index >= 15 is 0 Å². The molecule has 11 heteroatoms. The van der Waals surface area contributed by atoms with E-state index < -0.39 is 54.7 Å². The smallest absolute Gasteiger partial charge is 0.335 e. The molecular weight excluding hydrogens is 813 g/mol. The van der Waals surface area contributed by atoms with Gasteiger partial charge in [0, 0.05) is 12.8 Å². The molecule has 6 unspecified atom stereocenters. The number of carbonyl (C=O) groups excluding carboxylic acids is 2. The van der Waals surface area contributed by atoms with Crippen molar-refractivity contribution in [2.24, 2.45) is 0 Å². The number of esters is 2. The molecule has 1 fully saturated rings. The van der Waals surface area contributed by atoms with Crippen molar-refractivity contribution in [1.82, 2.24) is 0 Å². The number of aliphatic carboxylic acids is 1. The molecule has 374 valence electrons. The maximum Gasteiger partial charge on any atom is 0.335 e. The summed E-state index contributed by atoms with van der Waals surface area (Å²) in [6.45, 7) is 3.83. The first-order valence-corrected chi connectivity index (χ1v) is 26.4. The second-order valence-electron chi connectivity index (χ2n) is 18.4. The Morgan fingerprint density at radius 1 is 0.469 bits per heavy atom. The van der Waals surface area contributed by atoms with Crippen LogP contribution in [0.15, 0.2) is 24.3 Å². The summed E-state index contributed by atoms with van der Waals surface area (Å²) in [5, 5.41) is 39.9. The molecule has 0 aromatic heterocycles. The molecule has 1 aliphatic rings. The number of aliphatic hydroxyl groups is 3. The molecule has 64 heavy (non-hydrogen) atoms. The lowest BCUT2D eigenvalue weighted by molar-refractivity contribution is -0.298. The Morgan fingerprint density at radius 3 is 1.22 bits per heavy atom. The predicted octanol–water partition coefficient (Wildman–Crippen LogP) is 12.5. The summed E-state index contributed by atoms with van der Waals surface area (Å²) in [4.78, 5) is 37.0. The third kappa shape index (κ3) is 34.1. The third-order valence-corrected chi connectivity index (χ3v) is 12.3. The minimum Gasteiger partial charge on any atom is -0.479 e. The van der Waals surface area contributed by atoms with Gasteiger partial charge in [-0.25, -0.2) is 4.79 Å². The molecule has 1 heterocycles. The molecule has 0 radical (unpaired) electrons. The molecule has 11 nitrogen and oxygen atoms in total. The van der Waals surface area contributed by atoms with Gasteiger partial charge in [0.2, 0.25) is 0 Å². The van der Waals surface area contributed by atoms with Crippen molar-refractivity contribution in [2.75, 3.05) is 13.2 Å². The Morgan fingerprint density at radius 2 is 0.828 bits per heavy atom. The lowest BCUT2D eigenvalue weighted by atomic mass is 9.99. The van der Waals surface area contributed by atoms with Gasteiger partial charge in [-0.3, -0.25) is 9.59 Å². The van der Waals surface area contributed by atoms with Crippen LogP contribution in [0.5, 0.6) is 0 Å². The number of aliphatic hydroxyl groups excluding tert-OH is 3. The molecule has 1 aliphatic heterocycles. The zero-order valence-electron chi connectivity index (χ0n) is 40.8. The van der Waals surface area contributed by atoms with Gasteiger partial charge in [-0.1, -0.05) is 192 Å². The SMILES string of the molecule is CCCCCCCC/C=C\CCCCCCCC(=O)OC(COC(=O)CCCCCCCCCCCCC/C=C\CCCCCCCCCC)COC1OC(C(=O)O)C(O)C(O)C1O. The number of hydrogen-bond donors (Lipinski definition) is 4. The number of carbonyl (C=O) groups is 3. The zero-order valence-corrected chi connectivity index (χ0v) is 40.8. The average molecular weight is 909 g/mol. The molecule has 0 aromatic rings. The lowest BCUT2D eigenvalue weighted by Gasteiger charge is -2.38. The molecule has 6 atom stereocenters. The Kier molecular flexibility index (Phi) is 40.4. The van der Waals surface area contributed by atoms with Crippen molar-refractivity contribution >= 4 is 17.9 Å². The quantitative estimate of drug-likeness (QED) is 0.0261. The van der Waals surface area contributed by atoms with Crippen molar-refractivity contribution in [2.45, 2.75) is 282 Å². The minimum atomic E-state index is -1.86. The van der Waals surface area contributed by atoms with E-state index in [1.807, 2.05) is 0 Å². The molecule has 0 spiro atoms. The van der Waals surface area contributed by atoms with Crippen molar-refractivity contribution in [3.8, 4) is 0 Å². The van der Waals surface area contributed by atoms with Crippen LogP contribution in [0.1, 0.15) is 245 Å². The minimum absolute atomic E-state index is 0.175. The molecule has 0 aromatic carbocycles. The lowest BCUT2D eigenvalue weighted by Crippen LogP contribution is -2.60. The first kappa shape index (κ1) is 59.7. The monoisotopic (exact) mass is 909 g/mol. The van der Waals surface area contributed by atoms with Crippen molar-refractivity contribution in [3.63, 3.8) is 0 Å². The molecule has 4 N–H and O–H groups in total. The number of carboxylic acids is 1. The van der Waals surface area contributed by atoms with Gasteiger partial charge in [0.25, 0.3) is 0 Å². The van der Waals surface area contributed by atoms with Crippen molar-refractivity contribution in [1.29, 1.82) is 0 Å². The second-order valence-corrected chi connectivity index (χ2v) is 18.4. The highest BCUT2D eigenvalue weighted by Crippen LogP contribution is 2.23. The van der Waals surface area contributed by atoms with E-state index in [2.05, 4.69) is 38.2 Å². The van der Waals surface area contributed by atoms with Crippen LogP contribution in [0.4, 0.5) is 0 Å². The van der Waals surface area contributed by atoms with Crippen LogP contribution in [0, 0.1) is 0 Å². The van der Waals surface area contributed by atoms with Crippen LogP contribution in [0.3, 0.4) is 0 Å². The highest BCUT2D eigenvalue weighted by molar-refractivity contribution is 5.73. The van der Waals surface area contributed by atoms with E-state index in [9.17, 15) is 34.8 Å². The Hall–Kier alpha value is -2.31. The van der Waals surface area contributed by atoms with Crippen molar-refractivity contribution in [3.05, 3.63) is 24.3 Å². The van der Waals surface area contributed by atoms with Gasteiger partial charge in [0.05, 0.1) is 6.61 Å². The van der Waals surface area contributed by atoms with Gasteiger partial charge in [-0.05, 0) is 64.2 Å². The molecule has 1 rings (SSSR count). The van der Waals surface area contributed by atoms with Gasteiger partial charge in [-0.2, -0.15) is 0 Å². The van der Waals surface area contributed by atoms with E-state index in [0.717, 1.165) is 57.8 Å². The summed E-state index contributed by atoms with van der Waals surface area (Å²) in [6, 6.07) is 0. The van der Waals surface area contributed by atoms with Crippen LogP contribution < -0.4 is 0 Å². The first-order chi connectivity index (χ1) is 31.2. The first-order valence-electron chi connectivity index (χ1n) is 26.4. The van der Waals surface area contributed by atoms with Gasteiger partial charge in [0.15, 0.2) is 18.5 Å². The maximum absolute atomic E-state index is 12.8. The van der Waals surface area contributed by atoms with Crippen LogP contribution in [0.25, 0.3) is 0 Å². The summed E-state index contributed by atoms with van der Waals surface area (Å²) >= 11 is 0. The second kappa shape index (κ2) is 43.3. The summed E-state index contributed by atoms with van der Waals surface area (Å²) in [6.07, 6.45) is 40.9. The fraction of sp³-hybridized carbons (Fsp3) is 0.868. The number of hydrogen-bond acceptors (Lipinski definition) is 10. The number of ether oxygens (including phenoxy) is 4. The fourth-order valence-electron chi connectivity index (χ4n) is 8.11. The Balaban J connectivity index is 2.26. The molecule has 0 aliphatic carbocycles. The Bertz CT molecular complexity index is 1160. The number of allylic oxidation sites excluding steroid dienone is 4. The molecule has 1 saturated heterocycles. The molecule has 0 amide bonds. The number of unbranched alkanes of at least 4 members (excludes halogenated alkanes) is 30. The largest absolute Gasteiger partial charge is 0.479 e. The predicted molar refractivity (Wildman–Crippen MR) is 257 cm³/mol. The van der Waals surface area contributed by atoms with Crippen LogP contribution in [0.2, 0.25) is 0 Å². The summed E-state index contributed by atoms with van der Waals surface area (Å²) in [5.74, 6) is -2.44. The highest BCUT2D eigenvalue weighted by Gasteiger charge is 2.47.